The molecule has 0 radical (unpaired) electrons. The first-order valence-electron chi connectivity index (χ1n) is 7.53. The third-order valence-corrected chi connectivity index (χ3v) is 11.0. The fraction of sp³-hybridized carbons (Fsp3) is 0.333. The molecule has 0 heterocycles. The minimum absolute atomic E-state index is 0.155. The second kappa shape index (κ2) is 7.79. The van der Waals surface area contributed by atoms with Gasteiger partial charge in [0.15, 0.2) is 0 Å². The van der Waals surface area contributed by atoms with Crippen molar-refractivity contribution in [2.45, 2.75) is 26.3 Å². The van der Waals surface area contributed by atoms with Crippen LogP contribution in [0.25, 0.3) is 0 Å². The summed E-state index contributed by atoms with van der Waals surface area (Å²) in [5, 5.41) is 4.33. The lowest BCUT2D eigenvalue weighted by molar-refractivity contribution is 0.441. The molecule has 0 bridgehead atoms. The lowest BCUT2D eigenvalue weighted by atomic mass is 10.1. The number of hydrogen-bond acceptors (Lipinski definition) is 3. The second-order valence-corrected chi connectivity index (χ2v) is 13.8. The van der Waals surface area contributed by atoms with Crippen LogP contribution in [0.3, 0.4) is 0 Å². The molecule has 118 valence electrons. The van der Waals surface area contributed by atoms with Crippen molar-refractivity contribution < 1.29 is 0 Å². The Morgan fingerprint density at radius 1 is 0.909 bits per heavy atom. The highest BCUT2D eigenvalue weighted by atomic mass is 32.9. The molecule has 0 amide bonds. The average molecular weight is 350 g/mol. The fourth-order valence-electron chi connectivity index (χ4n) is 2.15. The van der Waals surface area contributed by atoms with Crippen molar-refractivity contribution in [3.05, 3.63) is 60.7 Å². The van der Waals surface area contributed by atoms with Gasteiger partial charge in [-0.05, 0) is 31.4 Å². The van der Waals surface area contributed by atoms with Gasteiger partial charge in [0.05, 0.1) is 5.24 Å². The van der Waals surface area contributed by atoms with E-state index in [1.165, 1.54) is 10.6 Å². The summed E-state index contributed by atoms with van der Waals surface area (Å²) in [4.78, 5) is 0. The van der Waals surface area contributed by atoms with Crippen LogP contribution in [0.4, 0.5) is 0 Å². The van der Waals surface area contributed by atoms with Gasteiger partial charge in [-0.2, -0.15) is 0 Å². The minimum Gasteiger partial charge on any atom is -0.311 e. The number of benzene rings is 2. The summed E-state index contributed by atoms with van der Waals surface area (Å²) in [6.45, 7) is 7.57. The van der Waals surface area contributed by atoms with Crippen molar-refractivity contribution in [3.63, 3.8) is 0 Å². The van der Waals surface area contributed by atoms with Gasteiger partial charge in [0.25, 0.3) is 0 Å². The highest BCUT2D eigenvalue weighted by molar-refractivity contribution is 8.75. The molecule has 0 aliphatic rings. The molecule has 0 aromatic heterocycles. The Balaban J connectivity index is 2.19. The van der Waals surface area contributed by atoms with E-state index in [2.05, 4.69) is 86.8 Å². The zero-order chi connectivity index (χ0) is 16.1. The van der Waals surface area contributed by atoms with Crippen LogP contribution in [0.5, 0.6) is 0 Å². The Morgan fingerprint density at radius 2 is 1.36 bits per heavy atom. The van der Waals surface area contributed by atoms with E-state index in [9.17, 15) is 0 Å². The van der Waals surface area contributed by atoms with Gasteiger partial charge in [0.1, 0.15) is 0 Å². The SMILES string of the molecule is CC(C)(C)NCCSP(=S)(c1ccccc1)c1ccccc1. The predicted octanol–water partition coefficient (Wildman–Crippen LogP) is 4.15. The van der Waals surface area contributed by atoms with E-state index < -0.39 is 5.24 Å². The maximum Gasteiger partial charge on any atom is 0.0613 e. The van der Waals surface area contributed by atoms with Crippen LogP contribution in [0.15, 0.2) is 60.7 Å². The maximum absolute atomic E-state index is 6.19. The van der Waals surface area contributed by atoms with Crippen molar-refractivity contribution >= 4 is 39.0 Å². The summed E-state index contributed by atoms with van der Waals surface area (Å²) in [5.74, 6) is 1.03. The molecule has 4 heteroatoms. The molecule has 0 atom stereocenters. The lowest BCUT2D eigenvalue weighted by Gasteiger charge is -2.25. The fourth-order valence-corrected chi connectivity index (χ4v) is 8.39. The van der Waals surface area contributed by atoms with Gasteiger partial charge in [0, 0.05) is 17.8 Å². The van der Waals surface area contributed by atoms with Crippen molar-refractivity contribution in [2.75, 3.05) is 12.3 Å². The number of rotatable bonds is 6. The molecule has 1 nitrogen and oxygen atoms in total. The summed E-state index contributed by atoms with van der Waals surface area (Å²) < 4.78 is 0. The number of nitrogens with one attached hydrogen (secondary N) is 1. The lowest BCUT2D eigenvalue weighted by Crippen LogP contribution is -2.37. The van der Waals surface area contributed by atoms with E-state index in [1.807, 2.05) is 11.4 Å². The second-order valence-electron chi connectivity index (χ2n) is 6.23. The quantitative estimate of drug-likeness (QED) is 0.621. The van der Waals surface area contributed by atoms with Gasteiger partial charge in [-0.25, -0.2) is 0 Å². The monoisotopic (exact) mass is 349 g/mol. The third kappa shape index (κ3) is 4.96. The van der Waals surface area contributed by atoms with E-state index >= 15 is 0 Å². The highest BCUT2D eigenvalue weighted by Gasteiger charge is 2.22. The van der Waals surface area contributed by atoms with E-state index in [0.717, 1.165) is 12.3 Å². The van der Waals surface area contributed by atoms with Crippen molar-refractivity contribution in [1.82, 2.24) is 5.32 Å². The third-order valence-electron chi connectivity index (χ3n) is 3.22. The Kier molecular flexibility index (Phi) is 6.28. The Hall–Kier alpha value is -0.600. The predicted molar refractivity (Wildman–Crippen MR) is 107 cm³/mol. The molecule has 0 unspecified atom stereocenters. The van der Waals surface area contributed by atoms with Crippen LogP contribution in [0.1, 0.15) is 20.8 Å². The molecule has 0 spiro atoms. The van der Waals surface area contributed by atoms with Crippen LogP contribution in [0, 0.1) is 0 Å². The number of hydrogen-bond donors (Lipinski definition) is 1. The normalized spacial score (nSPS) is 12.3. The van der Waals surface area contributed by atoms with Crippen LogP contribution in [0.2, 0.25) is 0 Å². The molecule has 0 saturated carbocycles. The van der Waals surface area contributed by atoms with Crippen LogP contribution >= 0.6 is 16.6 Å². The molecular weight excluding hydrogens is 325 g/mol. The molecule has 0 aliphatic carbocycles. The first kappa shape index (κ1) is 17.7. The average Bonchev–Trinajstić information content (AvgIpc) is 2.52. The zero-order valence-corrected chi connectivity index (χ0v) is 16.0. The zero-order valence-electron chi connectivity index (χ0n) is 13.5. The summed E-state index contributed by atoms with van der Waals surface area (Å²) >= 11 is 8.12. The van der Waals surface area contributed by atoms with E-state index in [0.29, 0.717) is 0 Å². The Morgan fingerprint density at radius 3 is 1.77 bits per heavy atom. The van der Waals surface area contributed by atoms with Gasteiger partial charge in [-0.3, -0.25) is 0 Å². The van der Waals surface area contributed by atoms with Gasteiger partial charge in [-0.1, -0.05) is 72.5 Å². The maximum atomic E-state index is 6.19. The summed E-state index contributed by atoms with van der Waals surface area (Å²) in [6, 6.07) is 21.2. The summed E-state index contributed by atoms with van der Waals surface area (Å²) in [7, 11) is 0. The van der Waals surface area contributed by atoms with Crippen molar-refractivity contribution in [2.24, 2.45) is 0 Å². The molecule has 2 aromatic carbocycles. The molecular formula is C18H24NPS2. The first-order chi connectivity index (χ1) is 10.4. The van der Waals surface area contributed by atoms with Gasteiger partial charge in [-0.15, -0.1) is 11.4 Å². The largest absolute Gasteiger partial charge is 0.311 e. The molecule has 22 heavy (non-hydrogen) atoms. The molecule has 0 aliphatic heterocycles. The molecule has 0 saturated heterocycles. The molecule has 2 rings (SSSR count). The molecule has 0 fully saturated rings. The van der Waals surface area contributed by atoms with Crippen LogP contribution < -0.4 is 15.9 Å². The molecule has 2 aromatic rings. The first-order valence-corrected chi connectivity index (χ1v) is 11.9. The van der Waals surface area contributed by atoms with Gasteiger partial charge >= 0.3 is 0 Å². The van der Waals surface area contributed by atoms with Crippen molar-refractivity contribution in [3.8, 4) is 0 Å². The van der Waals surface area contributed by atoms with E-state index in [1.54, 1.807) is 0 Å². The Bertz CT molecular complexity index is 577. The van der Waals surface area contributed by atoms with E-state index in [4.69, 9.17) is 11.8 Å². The summed E-state index contributed by atoms with van der Waals surface area (Å²) in [6.07, 6.45) is 0. The minimum atomic E-state index is -1.80. The van der Waals surface area contributed by atoms with Crippen LogP contribution in [-0.2, 0) is 11.8 Å². The van der Waals surface area contributed by atoms with Gasteiger partial charge in [0.2, 0.25) is 0 Å². The van der Waals surface area contributed by atoms with Gasteiger partial charge < -0.3 is 5.32 Å². The van der Waals surface area contributed by atoms with Crippen molar-refractivity contribution in [1.29, 1.82) is 0 Å². The highest BCUT2D eigenvalue weighted by Crippen LogP contribution is 2.56. The Labute approximate surface area is 143 Å². The topological polar surface area (TPSA) is 12.0 Å². The smallest absolute Gasteiger partial charge is 0.0613 e. The van der Waals surface area contributed by atoms with Crippen LogP contribution in [-0.4, -0.2) is 17.8 Å². The standard InChI is InChI=1S/C18H24NPS2/c1-18(2,3)19-14-15-22-20(21,16-10-6-4-7-11-16)17-12-8-5-9-13-17/h4-13,19H,14-15H2,1-3H3. The van der Waals surface area contributed by atoms with E-state index in [-0.39, 0.29) is 5.54 Å². The summed E-state index contributed by atoms with van der Waals surface area (Å²) in [5.41, 5.74) is 0.155. The molecule has 1 N–H and O–H groups in total.